The van der Waals surface area contributed by atoms with Gasteiger partial charge in [0.25, 0.3) is 0 Å². The molecule has 0 aromatic heterocycles. The van der Waals surface area contributed by atoms with Gasteiger partial charge >= 0.3 is 23.9 Å². The van der Waals surface area contributed by atoms with Crippen LogP contribution in [0.2, 0.25) is 0 Å². The Labute approximate surface area is 222 Å². The number of Topliss-reactive ketones (excluding diaryl/α,β-unsaturated/α-hetero) is 1. The first-order valence-electron chi connectivity index (χ1n) is 12.8. The molecule has 7 atom stereocenters. The van der Waals surface area contributed by atoms with Crippen molar-refractivity contribution >= 4 is 29.7 Å². The molecule has 3 aliphatic rings. The largest absolute Gasteiger partial charge is 0.461 e. The fourth-order valence-electron chi connectivity index (χ4n) is 6.48. The smallest absolute Gasteiger partial charge is 0.303 e. The lowest BCUT2D eigenvalue weighted by molar-refractivity contribution is -0.169. The van der Waals surface area contributed by atoms with E-state index in [2.05, 4.69) is 0 Å². The summed E-state index contributed by atoms with van der Waals surface area (Å²) in [4.78, 5) is 62.3. The topological polar surface area (TPSA) is 143 Å². The molecule has 0 amide bonds. The van der Waals surface area contributed by atoms with Gasteiger partial charge in [-0.1, -0.05) is 13.8 Å². The van der Waals surface area contributed by atoms with Crippen LogP contribution in [0, 0.1) is 16.7 Å². The molecule has 0 heterocycles. The average Bonchev–Trinajstić information content (AvgIpc) is 2.75. The Balaban J connectivity index is 2.33. The highest BCUT2D eigenvalue weighted by Crippen LogP contribution is 2.53. The number of rotatable bonds is 4. The minimum absolute atomic E-state index is 0.00338. The van der Waals surface area contributed by atoms with E-state index in [0.29, 0.717) is 16.7 Å². The highest BCUT2D eigenvalue weighted by molar-refractivity contribution is 5.93. The van der Waals surface area contributed by atoms with Crippen molar-refractivity contribution in [2.45, 2.75) is 105 Å². The molecule has 0 saturated heterocycles. The van der Waals surface area contributed by atoms with Crippen LogP contribution >= 0.6 is 0 Å². The Morgan fingerprint density at radius 1 is 0.842 bits per heavy atom. The van der Waals surface area contributed by atoms with E-state index in [1.807, 2.05) is 13.8 Å². The number of hydrogen-bond acceptors (Lipinski definition) is 10. The minimum Gasteiger partial charge on any atom is -0.461 e. The van der Waals surface area contributed by atoms with Crippen LogP contribution in [0.1, 0.15) is 74.7 Å². The van der Waals surface area contributed by atoms with E-state index in [-0.39, 0.29) is 19.3 Å². The van der Waals surface area contributed by atoms with Gasteiger partial charge in [0.2, 0.25) is 0 Å². The molecule has 4 bridgehead atoms. The van der Waals surface area contributed by atoms with Crippen molar-refractivity contribution in [2.75, 3.05) is 0 Å². The van der Waals surface area contributed by atoms with Gasteiger partial charge in [-0.05, 0) is 54.9 Å². The lowest BCUT2D eigenvalue weighted by Gasteiger charge is -2.51. The molecule has 3 aliphatic carbocycles. The van der Waals surface area contributed by atoms with Crippen molar-refractivity contribution < 1.29 is 48.0 Å². The minimum atomic E-state index is -1.61. The molecule has 0 aromatic rings. The van der Waals surface area contributed by atoms with Gasteiger partial charge in [-0.15, -0.1) is 0 Å². The second-order valence-corrected chi connectivity index (χ2v) is 11.4. The molecule has 0 radical (unpaired) electrons. The van der Waals surface area contributed by atoms with Crippen molar-refractivity contribution in [3.63, 3.8) is 0 Å². The zero-order valence-corrected chi connectivity index (χ0v) is 23.3. The molecule has 0 spiro atoms. The number of carbonyl (C=O) groups excluding carboxylic acids is 5. The summed E-state index contributed by atoms with van der Waals surface area (Å²) in [5.41, 5.74) is -0.826. The maximum atomic E-state index is 14.1. The normalized spacial score (nSPS) is 34.4. The predicted octanol–water partition coefficient (Wildman–Crippen LogP) is 2.75. The molecule has 1 saturated carbocycles. The summed E-state index contributed by atoms with van der Waals surface area (Å²) in [6.07, 6.45) is -3.10. The third-order valence-corrected chi connectivity index (χ3v) is 8.21. The summed E-state index contributed by atoms with van der Waals surface area (Å²) in [7, 11) is 0. The Morgan fingerprint density at radius 3 is 1.89 bits per heavy atom. The van der Waals surface area contributed by atoms with E-state index in [1.165, 1.54) is 27.7 Å². The first-order valence-corrected chi connectivity index (χ1v) is 12.8. The van der Waals surface area contributed by atoms with Crippen LogP contribution < -0.4 is 0 Å². The molecule has 10 nitrogen and oxygen atoms in total. The number of esters is 4. The van der Waals surface area contributed by atoms with Crippen LogP contribution in [-0.4, -0.2) is 65.3 Å². The fourth-order valence-corrected chi connectivity index (χ4v) is 6.48. The second kappa shape index (κ2) is 10.6. The van der Waals surface area contributed by atoms with Gasteiger partial charge in [0, 0.05) is 40.0 Å². The van der Waals surface area contributed by atoms with E-state index < -0.39 is 76.9 Å². The summed E-state index contributed by atoms with van der Waals surface area (Å²) < 4.78 is 22.5. The second-order valence-electron chi connectivity index (χ2n) is 11.4. The maximum absolute atomic E-state index is 14.1. The lowest BCUT2D eigenvalue weighted by Crippen LogP contribution is -2.56. The van der Waals surface area contributed by atoms with Gasteiger partial charge in [-0.25, -0.2) is 0 Å². The van der Waals surface area contributed by atoms with Crippen molar-refractivity contribution in [1.29, 1.82) is 0 Å². The van der Waals surface area contributed by atoms with E-state index in [9.17, 15) is 29.1 Å². The number of ether oxygens (including phenoxy) is 4. The Kier molecular flexibility index (Phi) is 8.27. The molecular weight excluding hydrogens is 496 g/mol. The number of aliphatic hydroxyl groups is 1. The molecule has 0 aliphatic heterocycles. The highest BCUT2D eigenvalue weighted by atomic mass is 16.6. The predicted molar refractivity (Wildman–Crippen MR) is 133 cm³/mol. The van der Waals surface area contributed by atoms with E-state index in [1.54, 1.807) is 19.9 Å². The van der Waals surface area contributed by atoms with Crippen molar-refractivity contribution in [2.24, 2.45) is 16.7 Å². The Bertz CT molecular complexity index is 1100. The number of aliphatic hydroxyl groups excluding tert-OH is 1. The van der Waals surface area contributed by atoms with Crippen LogP contribution in [0.4, 0.5) is 0 Å². The van der Waals surface area contributed by atoms with E-state index in [4.69, 9.17) is 18.9 Å². The summed E-state index contributed by atoms with van der Waals surface area (Å²) in [5, 5.41) is 11.7. The quantitative estimate of drug-likeness (QED) is 0.325. The number of ketones is 1. The SMILES string of the molecule is CC(=O)O[C@H]1C[C@H](OC(C)=O)[C@]2(C)CC1=C[C@H](OC(C)=O)[C@@H]1C[C@H](OC(C)=O)C(C)=C([C@@H](O)C2=O)C1(C)C. The van der Waals surface area contributed by atoms with Crippen molar-refractivity contribution in [1.82, 2.24) is 0 Å². The molecular formula is C28H38O10. The van der Waals surface area contributed by atoms with Crippen LogP contribution in [-0.2, 0) is 42.9 Å². The molecule has 10 heteroatoms. The van der Waals surface area contributed by atoms with Crippen molar-refractivity contribution in [3.8, 4) is 0 Å². The third kappa shape index (κ3) is 5.55. The van der Waals surface area contributed by atoms with Gasteiger partial charge in [-0.3, -0.25) is 24.0 Å². The summed E-state index contributed by atoms with van der Waals surface area (Å²) in [6, 6.07) is 0. The average molecular weight is 535 g/mol. The van der Waals surface area contributed by atoms with Crippen LogP contribution in [0.15, 0.2) is 22.8 Å². The first kappa shape index (κ1) is 29.5. The molecule has 0 unspecified atom stereocenters. The van der Waals surface area contributed by atoms with E-state index in [0.717, 1.165) is 0 Å². The van der Waals surface area contributed by atoms with Gasteiger partial charge in [0.1, 0.15) is 30.5 Å². The molecule has 38 heavy (non-hydrogen) atoms. The zero-order chi connectivity index (χ0) is 28.7. The van der Waals surface area contributed by atoms with Crippen LogP contribution in [0.3, 0.4) is 0 Å². The van der Waals surface area contributed by atoms with Gasteiger partial charge in [-0.2, -0.15) is 0 Å². The first-order chi connectivity index (χ1) is 17.5. The third-order valence-electron chi connectivity index (χ3n) is 8.21. The Morgan fingerprint density at radius 2 is 1.37 bits per heavy atom. The summed E-state index contributed by atoms with van der Waals surface area (Å²) in [5.74, 6) is -3.33. The van der Waals surface area contributed by atoms with Crippen LogP contribution in [0.25, 0.3) is 0 Å². The van der Waals surface area contributed by atoms with Gasteiger partial charge < -0.3 is 24.1 Å². The molecule has 210 valence electrons. The van der Waals surface area contributed by atoms with Crippen molar-refractivity contribution in [3.05, 3.63) is 22.8 Å². The number of hydrogen-bond donors (Lipinski definition) is 1. The monoisotopic (exact) mass is 534 g/mol. The zero-order valence-electron chi connectivity index (χ0n) is 23.3. The van der Waals surface area contributed by atoms with E-state index >= 15 is 0 Å². The molecule has 0 aromatic carbocycles. The van der Waals surface area contributed by atoms with Crippen LogP contribution in [0.5, 0.6) is 0 Å². The fraction of sp³-hybridized carbons (Fsp3) is 0.679. The highest BCUT2D eigenvalue weighted by Gasteiger charge is 2.57. The standard InChI is InChI=1S/C28H38O10/c1-13-20(35-14(2)29)10-19-22(37-16(4)31)9-18-12-28(8,26(34)25(33)24(13)27(19,6)7)23(38-17(5)32)11-21(18)36-15(3)30/h9,19-23,25,33H,10-12H2,1-8H3/t19-,20-,21-,22-,23-,25+,28-/m0/s1. The lowest BCUT2D eigenvalue weighted by atomic mass is 9.57. The number of carbonyl (C=O) groups is 5. The maximum Gasteiger partial charge on any atom is 0.303 e. The Hall–Kier alpha value is -3.01. The van der Waals surface area contributed by atoms with Gasteiger partial charge in [0.05, 0.1) is 5.41 Å². The summed E-state index contributed by atoms with van der Waals surface area (Å²) >= 11 is 0. The van der Waals surface area contributed by atoms with Gasteiger partial charge in [0.15, 0.2) is 5.78 Å². The molecule has 1 N–H and O–H groups in total. The number of fused-ring (bicyclic) bond motifs is 4. The summed E-state index contributed by atoms with van der Waals surface area (Å²) in [6.45, 7) is 12.0. The molecule has 1 fully saturated rings. The molecule has 3 rings (SSSR count).